The maximum atomic E-state index is 13.2. The zero-order chi connectivity index (χ0) is 17.7. The van der Waals surface area contributed by atoms with Crippen LogP contribution in [0.15, 0.2) is 36.4 Å². The first-order valence-corrected chi connectivity index (χ1v) is 6.69. The number of halogens is 6. The van der Waals surface area contributed by atoms with Crippen molar-refractivity contribution in [2.75, 3.05) is 0 Å². The smallest absolute Gasteiger partial charge is 0.223 e. The first kappa shape index (κ1) is 16.3. The van der Waals surface area contributed by atoms with Crippen LogP contribution < -0.4 is 0 Å². The molecule has 0 aliphatic rings. The quantitative estimate of drug-likeness (QED) is 0.596. The molecule has 1 aromatic carbocycles. The monoisotopic (exact) mass is 345 g/mol. The lowest BCUT2D eigenvalue weighted by Crippen LogP contribution is -2.18. The summed E-state index contributed by atoms with van der Waals surface area (Å²) in [5.74, 6) is 0. The van der Waals surface area contributed by atoms with E-state index in [4.69, 9.17) is 0 Å². The average molecular weight is 345 g/mol. The molecule has 0 fully saturated rings. The van der Waals surface area contributed by atoms with Crippen LogP contribution in [0, 0.1) is 6.92 Å². The van der Waals surface area contributed by atoms with Gasteiger partial charge in [-0.05, 0) is 18.6 Å². The van der Waals surface area contributed by atoms with Gasteiger partial charge in [0.2, 0.25) is 0 Å². The molecule has 24 heavy (non-hydrogen) atoms. The summed E-state index contributed by atoms with van der Waals surface area (Å²) in [6.07, 6.45) is -10.0. The van der Waals surface area contributed by atoms with Gasteiger partial charge in [0.1, 0.15) is 5.69 Å². The highest BCUT2D eigenvalue weighted by Gasteiger charge is 2.41. The second kappa shape index (κ2) is 5.22. The Balaban J connectivity index is 2.42. The third-order valence-electron chi connectivity index (χ3n) is 3.41. The second-order valence-electron chi connectivity index (χ2n) is 5.08. The summed E-state index contributed by atoms with van der Waals surface area (Å²) < 4.78 is 78.8. The lowest BCUT2D eigenvalue weighted by atomic mass is 10.1. The van der Waals surface area contributed by atoms with Gasteiger partial charge in [-0.25, -0.2) is 9.50 Å². The predicted molar refractivity (Wildman–Crippen MR) is 73.2 cm³/mol. The molecule has 0 amide bonds. The van der Waals surface area contributed by atoms with E-state index < -0.39 is 29.4 Å². The molecular formula is C15H9F6N3. The second-order valence-corrected chi connectivity index (χ2v) is 5.08. The molecule has 0 bridgehead atoms. The molecule has 0 atom stereocenters. The van der Waals surface area contributed by atoms with Crippen LogP contribution in [-0.4, -0.2) is 14.6 Å². The maximum Gasteiger partial charge on any atom is 0.433 e. The Hall–Kier alpha value is -2.58. The average Bonchev–Trinajstić information content (AvgIpc) is 2.80. The highest BCUT2D eigenvalue weighted by Crippen LogP contribution is 2.37. The number of aryl methyl sites for hydroxylation is 1. The lowest BCUT2D eigenvalue weighted by molar-refractivity contribution is -0.148. The van der Waals surface area contributed by atoms with Crippen LogP contribution in [0.3, 0.4) is 0 Å². The van der Waals surface area contributed by atoms with Crippen LogP contribution in [0.2, 0.25) is 0 Å². The standard InChI is InChI=1S/C15H9F6N3/c1-8-12(9-5-3-2-4-6-9)13-22-10(14(16,17)18)7-11(15(19,20)21)24(13)23-8/h2-7H,1H3. The fraction of sp³-hybridized carbons (Fsp3) is 0.200. The molecule has 2 aromatic heterocycles. The van der Waals surface area contributed by atoms with Gasteiger partial charge in [-0.1, -0.05) is 30.3 Å². The van der Waals surface area contributed by atoms with Crippen molar-refractivity contribution >= 4 is 5.65 Å². The van der Waals surface area contributed by atoms with Gasteiger partial charge in [0.25, 0.3) is 0 Å². The summed E-state index contributed by atoms with van der Waals surface area (Å²) in [5, 5.41) is 3.75. The van der Waals surface area contributed by atoms with E-state index in [1.54, 1.807) is 30.3 Å². The van der Waals surface area contributed by atoms with E-state index in [1.165, 1.54) is 6.92 Å². The van der Waals surface area contributed by atoms with Gasteiger partial charge in [-0.2, -0.15) is 31.4 Å². The van der Waals surface area contributed by atoms with Crippen molar-refractivity contribution in [1.82, 2.24) is 14.6 Å². The molecule has 3 rings (SSSR count). The molecule has 0 aliphatic carbocycles. The summed E-state index contributed by atoms with van der Waals surface area (Å²) in [6.45, 7) is 1.42. The van der Waals surface area contributed by atoms with E-state index in [9.17, 15) is 26.3 Å². The fourth-order valence-corrected chi connectivity index (χ4v) is 2.41. The Morgan fingerprint density at radius 1 is 0.917 bits per heavy atom. The molecule has 0 unspecified atom stereocenters. The molecule has 2 heterocycles. The Morgan fingerprint density at radius 3 is 2.08 bits per heavy atom. The Morgan fingerprint density at radius 2 is 1.54 bits per heavy atom. The molecule has 0 radical (unpaired) electrons. The Bertz CT molecular complexity index is 893. The molecule has 0 spiro atoms. The molecule has 3 nitrogen and oxygen atoms in total. The number of fused-ring (bicyclic) bond motifs is 1. The molecule has 0 N–H and O–H groups in total. The van der Waals surface area contributed by atoms with Gasteiger partial charge < -0.3 is 0 Å². The van der Waals surface area contributed by atoms with Gasteiger partial charge >= 0.3 is 12.4 Å². The number of rotatable bonds is 1. The number of nitrogens with zero attached hydrogens (tertiary/aromatic N) is 3. The van der Waals surface area contributed by atoms with Gasteiger partial charge in [-0.3, -0.25) is 0 Å². The number of benzene rings is 1. The SMILES string of the molecule is Cc1nn2c(C(F)(F)F)cc(C(F)(F)F)nc2c1-c1ccccc1. The van der Waals surface area contributed by atoms with Crippen molar-refractivity contribution in [3.63, 3.8) is 0 Å². The summed E-state index contributed by atoms with van der Waals surface area (Å²) in [5.41, 5.74) is -2.90. The molecule has 3 aromatic rings. The number of alkyl halides is 6. The minimum atomic E-state index is -5.01. The highest BCUT2D eigenvalue weighted by atomic mass is 19.4. The highest BCUT2D eigenvalue weighted by molar-refractivity contribution is 5.80. The van der Waals surface area contributed by atoms with Gasteiger partial charge in [-0.15, -0.1) is 0 Å². The zero-order valence-corrected chi connectivity index (χ0v) is 12.1. The Kier molecular flexibility index (Phi) is 3.54. The van der Waals surface area contributed by atoms with Crippen molar-refractivity contribution in [1.29, 1.82) is 0 Å². The number of aromatic nitrogens is 3. The topological polar surface area (TPSA) is 30.2 Å². The van der Waals surface area contributed by atoms with Crippen LogP contribution in [-0.2, 0) is 12.4 Å². The van der Waals surface area contributed by atoms with Crippen molar-refractivity contribution in [2.45, 2.75) is 19.3 Å². The predicted octanol–water partition coefficient (Wildman–Crippen LogP) is 4.74. The van der Waals surface area contributed by atoms with E-state index in [2.05, 4.69) is 10.1 Å². The molecule has 126 valence electrons. The minimum absolute atomic E-state index is 0.0335. The normalized spacial score (nSPS) is 12.8. The summed E-state index contributed by atoms with van der Waals surface area (Å²) in [6, 6.07) is 8.03. The molecule has 0 aliphatic heterocycles. The van der Waals surface area contributed by atoms with Gasteiger partial charge in [0.15, 0.2) is 11.3 Å². The Labute approximate surface area is 131 Å². The molecular weight excluding hydrogens is 336 g/mol. The first-order chi connectivity index (χ1) is 11.1. The number of hydrogen-bond acceptors (Lipinski definition) is 2. The van der Waals surface area contributed by atoms with Crippen LogP contribution in [0.4, 0.5) is 26.3 Å². The van der Waals surface area contributed by atoms with Crippen molar-refractivity contribution in [3.8, 4) is 11.1 Å². The van der Waals surface area contributed by atoms with Crippen LogP contribution in [0.5, 0.6) is 0 Å². The van der Waals surface area contributed by atoms with E-state index in [0.717, 1.165) is 0 Å². The largest absolute Gasteiger partial charge is 0.433 e. The third-order valence-corrected chi connectivity index (χ3v) is 3.41. The molecule has 0 saturated heterocycles. The van der Waals surface area contributed by atoms with E-state index in [0.29, 0.717) is 10.1 Å². The maximum absolute atomic E-state index is 13.2. The summed E-state index contributed by atoms with van der Waals surface area (Å²) >= 11 is 0. The van der Waals surface area contributed by atoms with Crippen LogP contribution in [0.1, 0.15) is 17.1 Å². The summed E-state index contributed by atoms with van der Waals surface area (Å²) in [4.78, 5) is 3.39. The van der Waals surface area contributed by atoms with E-state index in [1.807, 2.05) is 0 Å². The van der Waals surface area contributed by atoms with Gasteiger partial charge in [0.05, 0.1) is 5.69 Å². The molecule has 9 heteroatoms. The lowest BCUT2D eigenvalue weighted by Gasteiger charge is -2.13. The summed E-state index contributed by atoms with van der Waals surface area (Å²) in [7, 11) is 0. The van der Waals surface area contributed by atoms with E-state index in [-0.39, 0.29) is 17.3 Å². The van der Waals surface area contributed by atoms with Crippen molar-refractivity contribution in [2.24, 2.45) is 0 Å². The third kappa shape index (κ3) is 2.70. The van der Waals surface area contributed by atoms with Gasteiger partial charge in [0, 0.05) is 5.56 Å². The van der Waals surface area contributed by atoms with Crippen molar-refractivity contribution < 1.29 is 26.3 Å². The zero-order valence-electron chi connectivity index (χ0n) is 12.1. The van der Waals surface area contributed by atoms with E-state index >= 15 is 0 Å². The van der Waals surface area contributed by atoms with Crippen LogP contribution in [0.25, 0.3) is 16.8 Å². The van der Waals surface area contributed by atoms with Crippen LogP contribution >= 0.6 is 0 Å². The number of hydrogen-bond donors (Lipinski definition) is 0. The first-order valence-electron chi connectivity index (χ1n) is 6.69. The fourth-order valence-electron chi connectivity index (χ4n) is 2.41. The molecule has 0 saturated carbocycles. The van der Waals surface area contributed by atoms with Crippen molar-refractivity contribution in [3.05, 3.63) is 53.5 Å². The minimum Gasteiger partial charge on any atom is -0.223 e.